The van der Waals surface area contributed by atoms with Gasteiger partial charge in [-0.05, 0) is 33.7 Å². The third kappa shape index (κ3) is 29.6. The van der Waals surface area contributed by atoms with E-state index in [1.54, 1.807) is 0 Å². The fourth-order valence-electron chi connectivity index (χ4n) is 7.58. The number of rotatable bonds is 38. The molecular weight excluding hydrogens is 555 g/mol. The molecule has 0 aromatic rings. The lowest BCUT2D eigenvalue weighted by Gasteiger charge is -2.36. The predicted octanol–water partition coefficient (Wildman–Crippen LogP) is 16.1. The second-order valence-corrected chi connectivity index (χ2v) is 15.6. The van der Waals surface area contributed by atoms with E-state index in [0.29, 0.717) is 12.1 Å². The fourth-order valence-corrected chi connectivity index (χ4v) is 7.58. The Morgan fingerprint density at radius 2 is 0.522 bits per heavy atom. The Bertz CT molecular complexity index is 581. The van der Waals surface area contributed by atoms with Gasteiger partial charge in [0.1, 0.15) is 0 Å². The Kier molecular flexibility index (Phi) is 35.3. The van der Waals surface area contributed by atoms with Gasteiger partial charge in [-0.1, -0.05) is 244 Å². The van der Waals surface area contributed by atoms with Crippen LogP contribution in [0.4, 0.5) is 0 Å². The largest absolute Gasteiger partial charge is 0.293 e. The maximum atomic E-state index is 4.42. The molecule has 0 aliphatic carbocycles. The first kappa shape index (κ1) is 45.4. The SMILES string of the molecule is C=C(C)C(CCCCCCCCCCCCCCCCCC)N(C)C(CCCCCCCCCCCCCCCCCC)C(=C)C. The molecule has 1 nitrogen and oxygen atoms in total. The summed E-state index contributed by atoms with van der Waals surface area (Å²) < 4.78 is 0. The zero-order valence-corrected chi connectivity index (χ0v) is 33.1. The average Bonchev–Trinajstić information content (AvgIpc) is 3.03. The van der Waals surface area contributed by atoms with Crippen molar-refractivity contribution in [2.75, 3.05) is 7.05 Å². The summed E-state index contributed by atoms with van der Waals surface area (Å²) in [5, 5.41) is 0. The van der Waals surface area contributed by atoms with Crippen LogP contribution in [0, 0.1) is 0 Å². The van der Waals surface area contributed by atoms with Gasteiger partial charge < -0.3 is 0 Å². The average molecular weight is 644 g/mol. The van der Waals surface area contributed by atoms with Gasteiger partial charge in [0.05, 0.1) is 0 Å². The van der Waals surface area contributed by atoms with E-state index in [2.05, 4.69) is 52.8 Å². The Balaban J connectivity index is 3.87. The lowest BCUT2D eigenvalue weighted by atomic mass is 9.94. The van der Waals surface area contributed by atoms with Crippen LogP contribution in [0.1, 0.15) is 246 Å². The molecular formula is C45H89N. The van der Waals surface area contributed by atoms with Crippen molar-refractivity contribution >= 4 is 0 Å². The lowest BCUT2D eigenvalue weighted by Crippen LogP contribution is -2.41. The zero-order valence-electron chi connectivity index (χ0n) is 33.1. The Morgan fingerprint density at radius 1 is 0.348 bits per heavy atom. The second kappa shape index (κ2) is 35.7. The molecule has 274 valence electrons. The van der Waals surface area contributed by atoms with Crippen molar-refractivity contribution in [3.63, 3.8) is 0 Å². The molecule has 0 saturated carbocycles. The highest BCUT2D eigenvalue weighted by atomic mass is 15.2. The van der Waals surface area contributed by atoms with Gasteiger partial charge in [0.15, 0.2) is 0 Å². The van der Waals surface area contributed by atoms with Gasteiger partial charge in [-0.15, -0.1) is 0 Å². The number of hydrogen-bond donors (Lipinski definition) is 0. The molecule has 0 aromatic heterocycles. The number of unbranched alkanes of at least 4 members (excludes halogenated alkanes) is 30. The molecule has 0 heterocycles. The van der Waals surface area contributed by atoms with Crippen LogP contribution in [-0.2, 0) is 0 Å². The molecule has 2 atom stereocenters. The molecule has 0 spiro atoms. The standard InChI is InChI=1S/C45H89N/c1-8-10-12-14-16-18-20-22-24-26-28-30-32-34-36-38-40-44(42(3)4)46(7)45(43(5)6)41-39-37-35-33-31-29-27-25-23-21-19-17-15-13-11-9-2/h44-45H,3,5,8-41H2,1-2,4,6-7H3. The summed E-state index contributed by atoms with van der Waals surface area (Å²) in [6.45, 7) is 17.9. The van der Waals surface area contributed by atoms with Crippen LogP contribution in [0.3, 0.4) is 0 Å². The van der Waals surface area contributed by atoms with E-state index in [4.69, 9.17) is 0 Å². The quantitative estimate of drug-likeness (QED) is 0.0478. The van der Waals surface area contributed by atoms with Crippen LogP contribution in [0.5, 0.6) is 0 Å². The van der Waals surface area contributed by atoms with Crippen molar-refractivity contribution in [3.05, 3.63) is 24.3 Å². The molecule has 0 N–H and O–H groups in total. The molecule has 0 bridgehead atoms. The molecule has 0 aromatic carbocycles. The summed E-state index contributed by atoms with van der Waals surface area (Å²) in [5.74, 6) is 0. The molecule has 2 unspecified atom stereocenters. The highest BCUT2D eigenvalue weighted by Crippen LogP contribution is 2.25. The van der Waals surface area contributed by atoms with E-state index in [-0.39, 0.29) is 0 Å². The highest BCUT2D eigenvalue weighted by molar-refractivity contribution is 5.09. The van der Waals surface area contributed by atoms with Gasteiger partial charge in [-0.25, -0.2) is 0 Å². The van der Waals surface area contributed by atoms with E-state index < -0.39 is 0 Å². The fraction of sp³-hybridized carbons (Fsp3) is 0.911. The van der Waals surface area contributed by atoms with E-state index in [1.165, 1.54) is 229 Å². The molecule has 0 rings (SSSR count). The van der Waals surface area contributed by atoms with Crippen molar-refractivity contribution < 1.29 is 0 Å². The zero-order chi connectivity index (χ0) is 33.9. The minimum absolute atomic E-state index is 0.495. The smallest absolute Gasteiger partial charge is 0.0305 e. The molecule has 0 aliphatic rings. The van der Waals surface area contributed by atoms with Crippen LogP contribution in [0.2, 0.25) is 0 Å². The summed E-state index contributed by atoms with van der Waals surface area (Å²) in [7, 11) is 2.34. The van der Waals surface area contributed by atoms with E-state index in [0.717, 1.165) is 0 Å². The van der Waals surface area contributed by atoms with Gasteiger partial charge in [0.25, 0.3) is 0 Å². The van der Waals surface area contributed by atoms with Gasteiger partial charge in [0, 0.05) is 12.1 Å². The van der Waals surface area contributed by atoms with Gasteiger partial charge in [-0.2, -0.15) is 0 Å². The molecule has 0 fully saturated rings. The number of nitrogens with zero attached hydrogens (tertiary/aromatic N) is 1. The molecule has 0 aliphatic heterocycles. The minimum Gasteiger partial charge on any atom is -0.293 e. The monoisotopic (exact) mass is 644 g/mol. The van der Waals surface area contributed by atoms with E-state index in [1.807, 2.05) is 0 Å². The number of hydrogen-bond acceptors (Lipinski definition) is 1. The van der Waals surface area contributed by atoms with Gasteiger partial charge in [0.2, 0.25) is 0 Å². The summed E-state index contributed by atoms with van der Waals surface area (Å²) in [6, 6.07) is 0.990. The summed E-state index contributed by atoms with van der Waals surface area (Å²) in [4.78, 5) is 2.63. The van der Waals surface area contributed by atoms with Crippen molar-refractivity contribution in [2.24, 2.45) is 0 Å². The summed E-state index contributed by atoms with van der Waals surface area (Å²) >= 11 is 0. The van der Waals surface area contributed by atoms with Crippen molar-refractivity contribution in [1.29, 1.82) is 0 Å². The minimum atomic E-state index is 0.495. The first-order chi connectivity index (χ1) is 22.5. The molecule has 46 heavy (non-hydrogen) atoms. The Morgan fingerprint density at radius 3 is 0.696 bits per heavy atom. The first-order valence-electron chi connectivity index (χ1n) is 21.5. The van der Waals surface area contributed by atoms with Crippen LogP contribution < -0.4 is 0 Å². The van der Waals surface area contributed by atoms with Gasteiger partial charge in [-0.3, -0.25) is 4.90 Å². The van der Waals surface area contributed by atoms with Crippen molar-refractivity contribution in [2.45, 2.75) is 258 Å². The van der Waals surface area contributed by atoms with Crippen molar-refractivity contribution in [1.82, 2.24) is 4.90 Å². The highest BCUT2D eigenvalue weighted by Gasteiger charge is 2.23. The number of likely N-dealkylation sites (N-methyl/N-ethyl adjacent to an activating group) is 1. The van der Waals surface area contributed by atoms with E-state index >= 15 is 0 Å². The third-order valence-corrected chi connectivity index (χ3v) is 10.8. The van der Waals surface area contributed by atoms with Crippen molar-refractivity contribution in [3.8, 4) is 0 Å². The molecule has 0 radical (unpaired) electrons. The second-order valence-electron chi connectivity index (χ2n) is 15.6. The van der Waals surface area contributed by atoms with E-state index in [9.17, 15) is 0 Å². The molecule has 0 amide bonds. The first-order valence-corrected chi connectivity index (χ1v) is 21.5. The third-order valence-electron chi connectivity index (χ3n) is 10.8. The molecule has 0 saturated heterocycles. The summed E-state index contributed by atoms with van der Waals surface area (Å²) in [5.41, 5.74) is 2.67. The normalized spacial score (nSPS) is 13.0. The predicted molar refractivity (Wildman–Crippen MR) is 213 cm³/mol. The molecule has 1 heteroatoms. The van der Waals surface area contributed by atoms with Crippen LogP contribution in [-0.4, -0.2) is 24.0 Å². The lowest BCUT2D eigenvalue weighted by molar-refractivity contribution is 0.195. The van der Waals surface area contributed by atoms with Crippen LogP contribution in [0.25, 0.3) is 0 Å². The van der Waals surface area contributed by atoms with Crippen LogP contribution in [0.15, 0.2) is 24.3 Å². The van der Waals surface area contributed by atoms with Crippen LogP contribution >= 0.6 is 0 Å². The Labute approximate surface area is 293 Å². The Hall–Kier alpha value is -0.560. The maximum absolute atomic E-state index is 4.42. The topological polar surface area (TPSA) is 3.24 Å². The summed E-state index contributed by atoms with van der Waals surface area (Å²) in [6.07, 6.45) is 48.4. The maximum Gasteiger partial charge on any atom is 0.0305 e. The van der Waals surface area contributed by atoms with Gasteiger partial charge >= 0.3 is 0 Å².